The van der Waals surface area contributed by atoms with E-state index in [1.54, 1.807) is 19.1 Å². The Kier molecular flexibility index (Phi) is 9.02. The van der Waals surface area contributed by atoms with Gasteiger partial charge in [0.15, 0.2) is 6.29 Å². The van der Waals surface area contributed by atoms with Crippen molar-refractivity contribution < 1.29 is 14.6 Å². The van der Waals surface area contributed by atoms with Gasteiger partial charge in [0.2, 0.25) is 0 Å². The minimum absolute atomic E-state index is 0.228. The van der Waals surface area contributed by atoms with Crippen LogP contribution in [0.5, 0.6) is 0 Å². The second kappa shape index (κ2) is 9.62. The van der Waals surface area contributed by atoms with Gasteiger partial charge < -0.3 is 14.6 Å². The van der Waals surface area contributed by atoms with Crippen molar-refractivity contribution in [3.8, 4) is 0 Å². The topological polar surface area (TPSA) is 46.5 Å². The van der Waals surface area contributed by atoms with Crippen LogP contribution in [-0.4, -0.2) is 23.8 Å². The quantitative estimate of drug-likeness (QED) is 0.381. The Morgan fingerprint density at radius 3 is 2.80 bits per heavy atom. The van der Waals surface area contributed by atoms with E-state index in [0.29, 0.717) is 13.0 Å². The first kappa shape index (κ1) is 14.1. The molecule has 0 heterocycles. The summed E-state index contributed by atoms with van der Waals surface area (Å²) in [5, 5.41) is 9.14. The zero-order chi connectivity index (χ0) is 11.5. The van der Waals surface area contributed by atoms with Crippen LogP contribution in [0.4, 0.5) is 0 Å². The van der Waals surface area contributed by atoms with E-state index in [-0.39, 0.29) is 5.78 Å². The molecule has 0 saturated heterocycles. The summed E-state index contributed by atoms with van der Waals surface area (Å²) < 4.78 is 4.89. The van der Waals surface area contributed by atoms with Gasteiger partial charge >= 0.3 is 0 Å². The van der Waals surface area contributed by atoms with E-state index in [2.05, 4.69) is 0 Å². The van der Waals surface area contributed by atoms with Gasteiger partial charge in [0, 0.05) is 13.0 Å². The van der Waals surface area contributed by atoms with Crippen molar-refractivity contribution >= 4 is 5.78 Å². The molecule has 0 spiro atoms. The van der Waals surface area contributed by atoms with Gasteiger partial charge in [0.1, 0.15) is 5.78 Å². The fourth-order valence-electron chi connectivity index (χ4n) is 1.03. The predicted octanol–water partition coefficient (Wildman–Crippen LogP) is 2.21. The summed E-state index contributed by atoms with van der Waals surface area (Å²) in [4.78, 5) is 10.6. The molecular weight excluding hydrogens is 192 g/mol. The molecule has 0 aromatic heterocycles. The monoisotopic (exact) mass is 212 g/mol. The third-order valence-corrected chi connectivity index (χ3v) is 1.76. The van der Waals surface area contributed by atoms with E-state index in [4.69, 9.17) is 9.84 Å². The molecule has 0 bridgehead atoms. The lowest BCUT2D eigenvalue weighted by atomic mass is 10.2. The summed E-state index contributed by atoms with van der Waals surface area (Å²) in [6, 6.07) is 0. The maximum absolute atomic E-state index is 10.6. The van der Waals surface area contributed by atoms with Crippen LogP contribution < -0.4 is 0 Å². The van der Waals surface area contributed by atoms with Crippen LogP contribution in [0.3, 0.4) is 0 Å². The summed E-state index contributed by atoms with van der Waals surface area (Å²) >= 11 is 0. The molecule has 0 unspecified atom stereocenters. The first-order chi connectivity index (χ1) is 7.16. The highest BCUT2D eigenvalue weighted by Gasteiger charge is 1.92. The number of Topliss-reactive ketones (excluding diaryl/α,β-unsaturated/α-hetero) is 1. The highest BCUT2D eigenvalue weighted by atomic mass is 16.6. The number of aliphatic hydroxyl groups excluding tert-OH is 1. The van der Waals surface area contributed by atoms with Gasteiger partial charge in [-0.2, -0.15) is 0 Å². The number of ketones is 1. The Bertz CT molecular complexity index is 219. The molecule has 0 aliphatic carbocycles. The van der Waals surface area contributed by atoms with Crippen molar-refractivity contribution in [1.82, 2.24) is 0 Å². The van der Waals surface area contributed by atoms with Gasteiger partial charge in [-0.1, -0.05) is 18.2 Å². The maximum Gasteiger partial charge on any atom is 0.174 e. The van der Waals surface area contributed by atoms with Gasteiger partial charge in [0.05, 0.1) is 0 Å². The molecule has 0 aliphatic heterocycles. The molecule has 0 aromatic carbocycles. The van der Waals surface area contributed by atoms with Crippen LogP contribution in [0.25, 0.3) is 0 Å². The number of rotatable bonds is 8. The summed E-state index contributed by atoms with van der Waals surface area (Å²) in [6.45, 7) is 3.92. The van der Waals surface area contributed by atoms with Crippen molar-refractivity contribution in [3.63, 3.8) is 0 Å². The highest BCUT2D eigenvalue weighted by molar-refractivity contribution is 5.75. The maximum atomic E-state index is 10.6. The molecule has 0 amide bonds. The standard InChI is InChI=1S/C12H20O3/c1-3-15-12(14)10-8-6-4-5-7-9-11(2)13/h4,6,8,10,12,14H,3,5,7,9H2,1-2H3/t12-/m0/s1. The van der Waals surface area contributed by atoms with Crippen LogP contribution in [0.15, 0.2) is 24.3 Å². The fourth-order valence-corrected chi connectivity index (χ4v) is 1.03. The Morgan fingerprint density at radius 2 is 2.20 bits per heavy atom. The van der Waals surface area contributed by atoms with Crippen LogP contribution in [0.1, 0.15) is 33.1 Å². The Balaban J connectivity index is 3.48. The third kappa shape index (κ3) is 11.0. The average Bonchev–Trinajstić information content (AvgIpc) is 2.16. The zero-order valence-corrected chi connectivity index (χ0v) is 9.48. The van der Waals surface area contributed by atoms with Gasteiger partial charge in [-0.25, -0.2) is 0 Å². The largest absolute Gasteiger partial charge is 0.365 e. The van der Waals surface area contributed by atoms with Crippen molar-refractivity contribution in [3.05, 3.63) is 24.3 Å². The van der Waals surface area contributed by atoms with Crippen molar-refractivity contribution in [2.75, 3.05) is 6.61 Å². The SMILES string of the molecule is CCO[C@H](O)C=CC=CCCCC(C)=O. The van der Waals surface area contributed by atoms with Crippen LogP contribution >= 0.6 is 0 Å². The number of carbonyl (C=O) groups excluding carboxylic acids is 1. The van der Waals surface area contributed by atoms with E-state index >= 15 is 0 Å². The predicted molar refractivity (Wildman–Crippen MR) is 60.4 cm³/mol. The smallest absolute Gasteiger partial charge is 0.174 e. The summed E-state index contributed by atoms with van der Waals surface area (Å²) in [7, 11) is 0. The first-order valence-corrected chi connectivity index (χ1v) is 5.29. The molecule has 0 rings (SSSR count). The second-order valence-electron chi connectivity index (χ2n) is 3.25. The van der Waals surface area contributed by atoms with Gasteiger partial charge in [-0.3, -0.25) is 0 Å². The highest BCUT2D eigenvalue weighted by Crippen LogP contribution is 1.98. The lowest BCUT2D eigenvalue weighted by Gasteiger charge is -2.02. The van der Waals surface area contributed by atoms with Crippen molar-refractivity contribution in [2.45, 2.75) is 39.4 Å². The minimum atomic E-state index is -0.822. The van der Waals surface area contributed by atoms with E-state index in [1.165, 1.54) is 0 Å². The van der Waals surface area contributed by atoms with Crippen molar-refractivity contribution in [1.29, 1.82) is 0 Å². The van der Waals surface area contributed by atoms with Gasteiger partial charge in [-0.15, -0.1) is 0 Å². The Labute approximate surface area is 91.4 Å². The first-order valence-electron chi connectivity index (χ1n) is 5.29. The van der Waals surface area contributed by atoms with Crippen LogP contribution in [0.2, 0.25) is 0 Å². The fraction of sp³-hybridized carbons (Fsp3) is 0.583. The molecule has 0 radical (unpaired) electrons. The summed E-state index contributed by atoms with van der Waals surface area (Å²) in [5.41, 5.74) is 0. The van der Waals surface area contributed by atoms with E-state index in [0.717, 1.165) is 12.8 Å². The normalized spacial score (nSPS) is 13.8. The van der Waals surface area contributed by atoms with Crippen LogP contribution in [-0.2, 0) is 9.53 Å². The number of ether oxygens (including phenoxy) is 1. The van der Waals surface area contributed by atoms with Gasteiger partial charge in [-0.05, 0) is 32.8 Å². The number of carbonyl (C=O) groups is 1. The van der Waals surface area contributed by atoms with Gasteiger partial charge in [0.25, 0.3) is 0 Å². The molecule has 0 aromatic rings. The number of hydrogen-bond donors (Lipinski definition) is 1. The lowest BCUT2D eigenvalue weighted by Crippen LogP contribution is -2.06. The number of unbranched alkanes of at least 4 members (excludes halogenated alkanes) is 1. The average molecular weight is 212 g/mol. The molecule has 1 N–H and O–H groups in total. The van der Waals surface area contributed by atoms with Crippen LogP contribution in [0, 0.1) is 0 Å². The molecule has 0 saturated carbocycles. The number of aliphatic hydroxyl groups is 1. The number of hydrogen-bond acceptors (Lipinski definition) is 3. The third-order valence-electron chi connectivity index (χ3n) is 1.76. The minimum Gasteiger partial charge on any atom is -0.365 e. The van der Waals surface area contributed by atoms with E-state index in [9.17, 15) is 4.79 Å². The molecular formula is C12H20O3. The van der Waals surface area contributed by atoms with E-state index < -0.39 is 6.29 Å². The molecule has 15 heavy (non-hydrogen) atoms. The zero-order valence-electron chi connectivity index (χ0n) is 9.48. The number of allylic oxidation sites excluding steroid dienone is 3. The molecule has 1 atom stereocenters. The van der Waals surface area contributed by atoms with Crippen molar-refractivity contribution in [2.24, 2.45) is 0 Å². The lowest BCUT2D eigenvalue weighted by molar-refractivity contribution is -0.117. The Morgan fingerprint density at radius 1 is 1.47 bits per heavy atom. The molecule has 0 aliphatic rings. The second-order valence-corrected chi connectivity index (χ2v) is 3.25. The Hall–Kier alpha value is -0.930. The summed E-state index contributed by atoms with van der Waals surface area (Å²) in [5.74, 6) is 0.228. The summed E-state index contributed by atoms with van der Waals surface area (Å²) in [6.07, 6.45) is 8.72. The van der Waals surface area contributed by atoms with E-state index in [1.807, 2.05) is 19.1 Å². The molecule has 86 valence electrons. The molecule has 0 fully saturated rings. The molecule has 3 nitrogen and oxygen atoms in total. The molecule has 3 heteroatoms.